The smallest absolute Gasteiger partial charge is 0.369 e. The molecule has 2 amide bonds. The Morgan fingerprint density at radius 2 is 1.53 bits per heavy atom. The van der Waals surface area contributed by atoms with Crippen LogP contribution in [0.5, 0.6) is 0 Å². The van der Waals surface area contributed by atoms with Gasteiger partial charge >= 0.3 is 15.2 Å². The molecule has 0 spiro atoms. The molecule has 218 valence electrons. The third-order valence-corrected chi connectivity index (χ3v) is 9.94. The van der Waals surface area contributed by atoms with Crippen LogP contribution in [0.2, 0.25) is 0 Å². The van der Waals surface area contributed by atoms with Crippen molar-refractivity contribution in [1.29, 1.82) is 0 Å². The van der Waals surface area contributed by atoms with E-state index in [4.69, 9.17) is 48.5 Å². The Bertz CT molecular complexity index is 979. The summed E-state index contributed by atoms with van der Waals surface area (Å²) < 4.78 is 22.7. The predicted octanol–water partition coefficient (Wildman–Crippen LogP) is 0.633. The van der Waals surface area contributed by atoms with Crippen molar-refractivity contribution < 1.29 is 43.4 Å². The van der Waals surface area contributed by atoms with Crippen LogP contribution in [0.25, 0.3) is 0 Å². The molecule has 0 fully saturated rings. The number of nitrogens with zero attached hydrogens (tertiary/aromatic N) is 1. The lowest BCUT2D eigenvalue weighted by molar-refractivity contribution is -0.129. The zero-order valence-electron chi connectivity index (χ0n) is 20.9. The molecule has 0 radical (unpaired) electrons. The molecule has 17 heteroatoms. The number of unbranched alkanes of at least 4 members (excludes halogenated alkanes) is 1. The molecule has 0 heterocycles. The summed E-state index contributed by atoms with van der Waals surface area (Å²) in [6, 6.07) is 5.58. The van der Waals surface area contributed by atoms with Gasteiger partial charge in [0.05, 0.1) is 6.04 Å². The molecule has 9 N–H and O–H groups in total. The SMILES string of the molecule is C[C@@H](NC(=O)[C@@H](N)Cc1ccc(N(CCCl)CCCl)cc1)C(=O)NCCCCC(O)(P(=O)(O)O)P(=O)(O)O. The Labute approximate surface area is 231 Å². The van der Waals surface area contributed by atoms with Crippen molar-refractivity contribution in [3.63, 3.8) is 0 Å². The van der Waals surface area contributed by atoms with Gasteiger partial charge in [0.15, 0.2) is 0 Å². The van der Waals surface area contributed by atoms with Crippen molar-refractivity contribution in [3.05, 3.63) is 29.8 Å². The highest BCUT2D eigenvalue weighted by atomic mass is 35.5. The lowest BCUT2D eigenvalue weighted by atomic mass is 10.0. The van der Waals surface area contributed by atoms with Gasteiger partial charge in [0.2, 0.25) is 11.8 Å². The number of hydrogen-bond acceptors (Lipinski definition) is 7. The molecule has 13 nitrogen and oxygen atoms in total. The lowest BCUT2D eigenvalue weighted by Crippen LogP contribution is -2.51. The monoisotopic (exact) mass is 620 g/mol. The van der Waals surface area contributed by atoms with Crippen LogP contribution in [0.1, 0.15) is 31.7 Å². The Morgan fingerprint density at radius 3 is 2.00 bits per heavy atom. The maximum absolute atomic E-state index is 12.5. The molecule has 0 aromatic heterocycles. The largest absolute Gasteiger partial charge is 0.369 e. The van der Waals surface area contributed by atoms with E-state index < -0.39 is 50.6 Å². The third-order valence-electron chi connectivity index (χ3n) is 5.73. The van der Waals surface area contributed by atoms with Gasteiger partial charge in [-0.3, -0.25) is 18.7 Å². The molecule has 0 aliphatic carbocycles. The normalized spacial score (nSPS) is 14.0. The fourth-order valence-electron chi connectivity index (χ4n) is 3.46. The first-order valence-corrected chi connectivity index (χ1v) is 16.0. The number of amides is 2. The Hall–Kier alpha value is -1.24. The second kappa shape index (κ2) is 15.5. The number of halogens is 2. The highest BCUT2D eigenvalue weighted by molar-refractivity contribution is 7.72. The highest BCUT2D eigenvalue weighted by Crippen LogP contribution is 2.69. The van der Waals surface area contributed by atoms with Crippen LogP contribution in [0, 0.1) is 0 Å². The van der Waals surface area contributed by atoms with E-state index in [-0.39, 0.29) is 25.8 Å². The minimum atomic E-state index is -5.52. The van der Waals surface area contributed by atoms with E-state index in [0.717, 1.165) is 11.3 Å². The average molecular weight is 621 g/mol. The van der Waals surface area contributed by atoms with Crippen molar-refractivity contribution in [2.75, 3.05) is 36.3 Å². The van der Waals surface area contributed by atoms with E-state index in [2.05, 4.69) is 10.6 Å². The summed E-state index contributed by atoms with van der Waals surface area (Å²) in [5.74, 6) is -0.206. The summed E-state index contributed by atoms with van der Waals surface area (Å²) in [7, 11) is -11.0. The van der Waals surface area contributed by atoms with Crippen LogP contribution in [-0.2, 0) is 25.1 Å². The van der Waals surface area contributed by atoms with E-state index in [1.807, 2.05) is 29.2 Å². The minimum absolute atomic E-state index is 0.0275. The second-order valence-electron chi connectivity index (χ2n) is 8.68. The van der Waals surface area contributed by atoms with Gasteiger partial charge < -0.3 is 45.9 Å². The van der Waals surface area contributed by atoms with Gasteiger partial charge in [-0.1, -0.05) is 12.1 Å². The molecule has 0 aliphatic rings. The molecule has 1 aromatic carbocycles. The summed E-state index contributed by atoms with van der Waals surface area (Å²) in [5.41, 5.74) is 7.75. The first kappa shape index (κ1) is 34.8. The third kappa shape index (κ3) is 10.4. The standard InChI is InChI=1S/C21H36Cl2N4O9P2/c1-15(19(28)25-11-3-2-8-21(30,37(31,32)33)38(34,35)36)26-20(29)18(24)14-16-4-6-17(7-5-16)27(12-9-22)13-10-23/h4-7,15,18,30H,2-3,8-14,24H2,1H3,(H,25,28)(H,26,29)(H2,31,32,33)(H2,34,35,36)/t15-,18+/m1/s1. The number of carbonyl (C=O) groups is 2. The van der Waals surface area contributed by atoms with Crippen molar-refractivity contribution in [1.82, 2.24) is 10.6 Å². The molecule has 0 unspecified atom stereocenters. The molecule has 0 saturated carbocycles. The lowest BCUT2D eigenvalue weighted by Gasteiger charge is -2.29. The number of nitrogens with one attached hydrogen (secondary N) is 2. The predicted molar refractivity (Wildman–Crippen MR) is 145 cm³/mol. The Balaban J connectivity index is 2.51. The summed E-state index contributed by atoms with van der Waals surface area (Å²) in [4.78, 5) is 63.2. The zero-order valence-corrected chi connectivity index (χ0v) is 24.2. The van der Waals surface area contributed by atoms with Crippen LogP contribution in [0.15, 0.2) is 24.3 Å². The summed E-state index contributed by atoms with van der Waals surface area (Å²) in [5, 5.41) is 11.3. The topological polar surface area (TPSA) is 223 Å². The van der Waals surface area contributed by atoms with Gasteiger partial charge in [0.25, 0.3) is 5.08 Å². The Morgan fingerprint density at radius 1 is 1.00 bits per heavy atom. The van der Waals surface area contributed by atoms with Gasteiger partial charge in [-0.05, 0) is 50.3 Å². The molecule has 0 bridgehead atoms. The number of aliphatic hydroxyl groups is 1. The molecule has 0 saturated heterocycles. The molecule has 1 rings (SSSR count). The number of hydrogen-bond donors (Lipinski definition) is 8. The van der Waals surface area contributed by atoms with Crippen LogP contribution >= 0.6 is 38.4 Å². The fourth-order valence-corrected chi connectivity index (χ4v) is 6.13. The fraction of sp³-hybridized carbons (Fsp3) is 0.619. The number of alkyl halides is 2. The summed E-state index contributed by atoms with van der Waals surface area (Å²) in [6.45, 7) is 2.69. The molecular weight excluding hydrogens is 585 g/mol. The van der Waals surface area contributed by atoms with Gasteiger partial charge in [0.1, 0.15) is 6.04 Å². The van der Waals surface area contributed by atoms with E-state index in [9.17, 15) is 23.8 Å². The average Bonchev–Trinajstić information content (AvgIpc) is 2.82. The maximum atomic E-state index is 12.5. The van der Waals surface area contributed by atoms with Crippen molar-refractivity contribution >= 4 is 55.9 Å². The van der Waals surface area contributed by atoms with Crippen LogP contribution < -0.4 is 21.3 Å². The first-order valence-electron chi connectivity index (χ1n) is 11.7. The maximum Gasteiger partial charge on any atom is 0.369 e. The Kier molecular flexibility index (Phi) is 14.2. The van der Waals surface area contributed by atoms with Crippen molar-refractivity contribution in [2.45, 2.75) is 49.8 Å². The van der Waals surface area contributed by atoms with E-state index in [1.165, 1.54) is 6.92 Å². The molecule has 0 aliphatic heterocycles. The number of anilines is 1. The number of carbonyl (C=O) groups excluding carboxylic acids is 2. The minimum Gasteiger partial charge on any atom is -0.369 e. The summed E-state index contributed by atoms with van der Waals surface area (Å²) in [6.07, 6.45) is -0.797. The highest BCUT2D eigenvalue weighted by Gasteiger charge is 2.58. The van der Waals surface area contributed by atoms with Gasteiger partial charge in [-0.25, -0.2) is 0 Å². The van der Waals surface area contributed by atoms with E-state index in [0.29, 0.717) is 24.8 Å². The van der Waals surface area contributed by atoms with Gasteiger partial charge in [0, 0.05) is 37.1 Å². The van der Waals surface area contributed by atoms with Crippen LogP contribution in [-0.4, -0.2) is 85.1 Å². The first-order chi connectivity index (χ1) is 17.6. The molecule has 38 heavy (non-hydrogen) atoms. The summed E-state index contributed by atoms with van der Waals surface area (Å²) >= 11 is 11.7. The number of benzene rings is 1. The zero-order chi connectivity index (χ0) is 29.1. The second-order valence-corrected chi connectivity index (χ2v) is 13.4. The van der Waals surface area contributed by atoms with E-state index >= 15 is 0 Å². The van der Waals surface area contributed by atoms with E-state index in [1.54, 1.807) is 0 Å². The van der Waals surface area contributed by atoms with Crippen molar-refractivity contribution in [2.24, 2.45) is 5.73 Å². The number of nitrogens with two attached hydrogens (primary N) is 1. The van der Waals surface area contributed by atoms with Gasteiger partial charge in [-0.15, -0.1) is 23.2 Å². The van der Waals surface area contributed by atoms with Crippen molar-refractivity contribution in [3.8, 4) is 0 Å². The van der Waals surface area contributed by atoms with Crippen LogP contribution in [0.4, 0.5) is 5.69 Å². The molecule has 2 atom stereocenters. The van der Waals surface area contributed by atoms with Gasteiger partial charge in [-0.2, -0.15) is 0 Å². The quantitative estimate of drug-likeness (QED) is 0.0685. The van der Waals surface area contributed by atoms with Crippen LogP contribution in [0.3, 0.4) is 0 Å². The molecular formula is C21H36Cl2N4O9P2. The molecule has 1 aromatic rings. The number of rotatable bonds is 17.